The van der Waals surface area contributed by atoms with Crippen LogP contribution in [0.15, 0.2) is 24.3 Å². The molecule has 1 aliphatic heterocycles. The van der Waals surface area contributed by atoms with Crippen LogP contribution < -0.4 is 5.32 Å². The van der Waals surface area contributed by atoms with Crippen molar-refractivity contribution >= 4 is 11.0 Å². The predicted molar refractivity (Wildman–Crippen MR) is 86.3 cm³/mol. The number of aromatic nitrogens is 2. The third kappa shape index (κ3) is 2.28. The number of fused-ring (bicyclic) bond motifs is 2. The van der Waals surface area contributed by atoms with Gasteiger partial charge in [0.2, 0.25) is 0 Å². The van der Waals surface area contributed by atoms with Crippen LogP contribution in [0.5, 0.6) is 0 Å². The summed E-state index contributed by atoms with van der Waals surface area (Å²) in [5, 5.41) is 3.89. The van der Waals surface area contributed by atoms with Crippen LogP contribution >= 0.6 is 0 Å². The molecule has 1 saturated carbocycles. The molecule has 0 amide bonds. The van der Waals surface area contributed by atoms with E-state index in [0.29, 0.717) is 6.04 Å². The minimum Gasteiger partial charge on any atom is -0.327 e. The van der Waals surface area contributed by atoms with E-state index in [1.165, 1.54) is 43.4 Å². The molecule has 3 nitrogen and oxygen atoms in total. The summed E-state index contributed by atoms with van der Waals surface area (Å²) in [6.45, 7) is 3.32. The monoisotopic (exact) mass is 283 g/mol. The fraction of sp³-hybridized carbons (Fsp3) is 0.611. The van der Waals surface area contributed by atoms with Gasteiger partial charge in [-0.15, -0.1) is 0 Å². The maximum Gasteiger partial charge on any atom is 0.127 e. The number of nitrogens with zero attached hydrogens (tertiary/aromatic N) is 2. The van der Waals surface area contributed by atoms with Crippen molar-refractivity contribution in [3.8, 4) is 0 Å². The van der Waals surface area contributed by atoms with E-state index in [9.17, 15) is 0 Å². The molecule has 1 aliphatic carbocycles. The third-order valence-corrected chi connectivity index (χ3v) is 5.31. The maximum atomic E-state index is 4.97. The van der Waals surface area contributed by atoms with E-state index in [0.717, 1.165) is 30.4 Å². The highest BCUT2D eigenvalue weighted by Gasteiger charge is 2.37. The lowest BCUT2D eigenvalue weighted by molar-refractivity contribution is 0.325. The van der Waals surface area contributed by atoms with E-state index in [-0.39, 0.29) is 0 Å². The molecule has 21 heavy (non-hydrogen) atoms. The molecule has 0 bridgehead atoms. The van der Waals surface area contributed by atoms with Gasteiger partial charge in [0.15, 0.2) is 0 Å². The Labute approximate surface area is 126 Å². The van der Waals surface area contributed by atoms with Gasteiger partial charge in [-0.2, -0.15) is 0 Å². The van der Waals surface area contributed by atoms with Gasteiger partial charge in [0, 0.05) is 12.6 Å². The average Bonchev–Trinajstić information content (AvgIpc) is 3.09. The molecule has 1 aromatic carbocycles. The second-order valence-electron chi connectivity index (χ2n) is 6.72. The molecule has 2 fully saturated rings. The normalized spacial score (nSPS) is 28.9. The van der Waals surface area contributed by atoms with Crippen molar-refractivity contribution in [1.29, 1.82) is 0 Å². The Morgan fingerprint density at radius 2 is 2.10 bits per heavy atom. The summed E-state index contributed by atoms with van der Waals surface area (Å²) < 4.78 is 2.45. The van der Waals surface area contributed by atoms with Gasteiger partial charge in [-0.1, -0.05) is 31.9 Å². The van der Waals surface area contributed by atoms with E-state index in [4.69, 9.17) is 4.98 Å². The molecule has 2 heterocycles. The van der Waals surface area contributed by atoms with Gasteiger partial charge >= 0.3 is 0 Å². The molecule has 1 aromatic heterocycles. The summed E-state index contributed by atoms with van der Waals surface area (Å²) in [4.78, 5) is 4.97. The fourth-order valence-corrected chi connectivity index (χ4v) is 4.34. The van der Waals surface area contributed by atoms with Crippen LogP contribution in [0.4, 0.5) is 0 Å². The minimum absolute atomic E-state index is 0.456. The maximum absolute atomic E-state index is 4.97. The van der Waals surface area contributed by atoms with Crippen molar-refractivity contribution in [3.05, 3.63) is 30.1 Å². The SMILES string of the molecule is CCCn1c(C2CC3CCCCC3N2)nc2ccccc21. The van der Waals surface area contributed by atoms with Crippen LogP contribution in [-0.4, -0.2) is 15.6 Å². The molecule has 3 heteroatoms. The zero-order valence-electron chi connectivity index (χ0n) is 12.9. The summed E-state index contributed by atoms with van der Waals surface area (Å²) in [6, 6.07) is 9.77. The van der Waals surface area contributed by atoms with Crippen LogP contribution in [0.3, 0.4) is 0 Å². The van der Waals surface area contributed by atoms with E-state index < -0.39 is 0 Å². The Morgan fingerprint density at radius 3 is 2.95 bits per heavy atom. The van der Waals surface area contributed by atoms with Gasteiger partial charge in [-0.3, -0.25) is 0 Å². The molecular weight excluding hydrogens is 258 g/mol. The number of hydrogen-bond acceptors (Lipinski definition) is 2. The Kier molecular flexibility index (Phi) is 3.46. The first-order valence-electron chi connectivity index (χ1n) is 8.58. The summed E-state index contributed by atoms with van der Waals surface area (Å²) in [6.07, 6.45) is 8.01. The largest absolute Gasteiger partial charge is 0.327 e. The highest BCUT2D eigenvalue weighted by Crippen LogP contribution is 2.39. The molecule has 2 aromatic rings. The second-order valence-corrected chi connectivity index (χ2v) is 6.72. The highest BCUT2D eigenvalue weighted by atomic mass is 15.1. The zero-order chi connectivity index (χ0) is 14.2. The van der Waals surface area contributed by atoms with Crippen LogP contribution in [0, 0.1) is 5.92 Å². The van der Waals surface area contributed by atoms with Crippen LogP contribution in [-0.2, 0) is 6.54 Å². The first kappa shape index (κ1) is 13.3. The quantitative estimate of drug-likeness (QED) is 0.921. The van der Waals surface area contributed by atoms with Gasteiger partial charge < -0.3 is 9.88 Å². The number of imidazole rings is 1. The molecule has 0 radical (unpaired) electrons. The van der Waals surface area contributed by atoms with Crippen molar-refractivity contribution in [3.63, 3.8) is 0 Å². The summed E-state index contributed by atoms with van der Waals surface area (Å²) in [5.41, 5.74) is 2.45. The van der Waals surface area contributed by atoms with Gasteiger partial charge in [-0.25, -0.2) is 4.98 Å². The molecule has 0 spiro atoms. The van der Waals surface area contributed by atoms with Crippen molar-refractivity contribution in [2.24, 2.45) is 5.92 Å². The van der Waals surface area contributed by atoms with E-state index in [1.54, 1.807) is 0 Å². The van der Waals surface area contributed by atoms with Crippen molar-refractivity contribution in [1.82, 2.24) is 14.9 Å². The minimum atomic E-state index is 0.456. The number of para-hydroxylation sites is 2. The smallest absolute Gasteiger partial charge is 0.127 e. The molecular formula is C18H25N3. The lowest BCUT2D eigenvalue weighted by atomic mass is 9.85. The summed E-state index contributed by atoms with van der Waals surface area (Å²) >= 11 is 0. The lowest BCUT2D eigenvalue weighted by Gasteiger charge is -2.24. The number of benzene rings is 1. The van der Waals surface area contributed by atoms with Crippen LogP contribution in [0.25, 0.3) is 11.0 Å². The van der Waals surface area contributed by atoms with Gasteiger partial charge in [0.25, 0.3) is 0 Å². The lowest BCUT2D eigenvalue weighted by Crippen LogP contribution is -2.31. The summed E-state index contributed by atoms with van der Waals surface area (Å²) in [7, 11) is 0. The van der Waals surface area contributed by atoms with E-state index >= 15 is 0 Å². The molecule has 3 atom stereocenters. The first-order valence-corrected chi connectivity index (χ1v) is 8.58. The Hall–Kier alpha value is -1.35. The van der Waals surface area contributed by atoms with Gasteiger partial charge in [-0.05, 0) is 43.7 Å². The fourth-order valence-electron chi connectivity index (χ4n) is 4.34. The molecule has 1 saturated heterocycles. The van der Waals surface area contributed by atoms with Crippen LogP contribution in [0.1, 0.15) is 57.3 Å². The molecule has 112 valence electrons. The third-order valence-electron chi connectivity index (χ3n) is 5.31. The molecule has 3 unspecified atom stereocenters. The van der Waals surface area contributed by atoms with Crippen molar-refractivity contribution in [2.75, 3.05) is 0 Å². The van der Waals surface area contributed by atoms with Crippen LogP contribution in [0.2, 0.25) is 0 Å². The zero-order valence-corrected chi connectivity index (χ0v) is 12.9. The van der Waals surface area contributed by atoms with Crippen molar-refractivity contribution < 1.29 is 0 Å². The van der Waals surface area contributed by atoms with Gasteiger partial charge in [0.05, 0.1) is 17.1 Å². The van der Waals surface area contributed by atoms with E-state index in [2.05, 4.69) is 41.1 Å². The highest BCUT2D eigenvalue weighted by molar-refractivity contribution is 5.76. The molecule has 1 N–H and O–H groups in total. The van der Waals surface area contributed by atoms with E-state index in [1.807, 2.05) is 0 Å². The van der Waals surface area contributed by atoms with Crippen molar-refractivity contribution in [2.45, 2.75) is 64.1 Å². The molecule has 4 rings (SSSR count). The number of hydrogen-bond donors (Lipinski definition) is 1. The Balaban J connectivity index is 1.71. The standard InChI is InChI=1S/C18H25N3/c1-2-11-21-17-10-6-5-9-15(17)20-18(21)16-12-13-7-3-4-8-14(13)19-16/h5-6,9-10,13-14,16,19H,2-4,7-8,11-12H2,1H3. The molecule has 2 aliphatic rings. The topological polar surface area (TPSA) is 29.9 Å². The van der Waals surface area contributed by atoms with Gasteiger partial charge in [0.1, 0.15) is 5.82 Å². The number of nitrogens with one attached hydrogen (secondary N) is 1. The predicted octanol–water partition coefficient (Wildman–Crippen LogP) is 4.04. The average molecular weight is 283 g/mol. The summed E-state index contributed by atoms with van der Waals surface area (Å²) in [5.74, 6) is 2.14. The Morgan fingerprint density at radius 1 is 1.24 bits per heavy atom. The number of rotatable bonds is 3. The second kappa shape index (κ2) is 5.45. The number of aryl methyl sites for hydroxylation is 1. The Bertz CT molecular complexity index is 616. The first-order chi connectivity index (χ1) is 10.4.